The van der Waals surface area contributed by atoms with E-state index in [2.05, 4.69) is 19.2 Å². The maximum atomic E-state index is 12.8. The maximum absolute atomic E-state index is 12.8. The van der Waals surface area contributed by atoms with Gasteiger partial charge in [-0.2, -0.15) is 4.37 Å². The molecule has 24 heavy (non-hydrogen) atoms. The van der Waals surface area contributed by atoms with Crippen molar-refractivity contribution in [3.8, 4) is 0 Å². The van der Waals surface area contributed by atoms with Crippen LogP contribution in [-0.2, 0) is 4.79 Å². The summed E-state index contributed by atoms with van der Waals surface area (Å²) in [5.41, 5.74) is 1.01. The Labute approximate surface area is 145 Å². The van der Waals surface area contributed by atoms with Crippen LogP contribution in [-0.4, -0.2) is 58.9 Å². The summed E-state index contributed by atoms with van der Waals surface area (Å²) in [6.45, 7) is 6.35. The molecule has 1 atom stereocenters. The van der Waals surface area contributed by atoms with E-state index >= 15 is 0 Å². The molecule has 0 N–H and O–H groups in total. The lowest BCUT2D eigenvalue weighted by Gasteiger charge is -2.36. The SMILES string of the molecule is Cc1nsc(N2CCN(C3CCN(c4ccccc4)C3=O)CC2)n1. The lowest BCUT2D eigenvalue weighted by molar-refractivity contribution is -0.121. The van der Waals surface area contributed by atoms with E-state index in [0.29, 0.717) is 0 Å². The van der Waals surface area contributed by atoms with Gasteiger partial charge in [-0.3, -0.25) is 9.69 Å². The number of nitrogens with zero attached hydrogens (tertiary/aromatic N) is 5. The predicted octanol–water partition coefficient (Wildman–Crippen LogP) is 1.77. The Morgan fingerprint density at radius 1 is 1.08 bits per heavy atom. The van der Waals surface area contributed by atoms with Crippen LogP contribution in [0.3, 0.4) is 0 Å². The molecule has 2 fully saturated rings. The minimum absolute atomic E-state index is 0.0171. The number of rotatable bonds is 3. The van der Waals surface area contributed by atoms with Crippen LogP contribution in [0.4, 0.5) is 10.8 Å². The highest BCUT2D eigenvalue weighted by Crippen LogP contribution is 2.26. The van der Waals surface area contributed by atoms with Gasteiger partial charge in [0.1, 0.15) is 5.82 Å². The van der Waals surface area contributed by atoms with Crippen molar-refractivity contribution in [1.82, 2.24) is 14.3 Å². The molecule has 2 saturated heterocycles. The molecule has 2 aromatic rings. The van der Waals surface area contributed by atoms with Gasteiger partial charge in [0, 0.05) is 49.9 Å². The summed E-state index contributed by atoms with van der Waals surface area (Å²) in [7, 11) is 0. The fourth-order valence-electron chi connectivity index (χ4n) is 3.51. The van der Waals surface area contributed by atoms with Gasteiger partial charge in [-0.25, -0.2) is 4.98 Å². The number of benzene rings is 1. The largest absolute Gasteiger partial charge is 0.344 e. The lowest BCUT2D eigenvalue weighted by Crippen LogP contribution is -2.52. The van der Waals surface area contributed by atoms with Crippen LogP contribution in [0, 0.1) is 6.92 Å². The van der Waals surface area contributed by atoms with Gasteiger partial charge in [0.15, 0.2) is 0 Å². The molecule has 0 aliphatic carbocycles. The van der Waals surface area contributed by atoms with E-state index in [1.165, 1.54) is 11.5 Å². The van der Waals surface area contributed by atoms with Crippen molar-refractivity contribution in [2.24, 2.45) is 0 Å². The number of amides is 1. The molecule has 2 aliphatic rings. The van der Waals surface area contributed by atoms with Gasteiger partial charge < -0.3 is 9.80 Å². The van der Waals surface area contributed by atoms with E-state index < -0.39 is 0 Å². The third-order valence-corrected chi connectivity index (χ3v) is 5.66. The van der Waals surface area contributed by atoms with Crippen molar-refractivity contribution in [2.75, 3.05) is 42.5 Å². The van der Waals surface area contributed by atoms with E-state index in [9.17, 15) is 4.79 Å². The average Bonchev–Trinajstić information content (AvgIpc) is 3.22. The molecule has 4 rings (SSSR count). The second kappa shape index (κ2) is 6.49. The summed E-state index contributed by atoms with van der Waals surface area (Å²) in [6.07, 6.45) is 0.908. The third kappa shape index (κ3) is 2.89. The van der Waals surface area contributed by atoms with E-state index in [4.69, 9.17) is 0 Å². The van der Waals surface area contributed by atoms with Gasteiger partial charge in [0.25, 0.3) is 0 Å². The van der Waals surface area contributed by atoms with Crippen LogP contribution in [0.15, 0.2) is 30.3 Å². The molecule has 0 radical (unpaired) electrons. The number of piperazine rings is 1. The first-order chi connectivity index (χ1) is 11.7. The lowest BCUT2D eigenvalue weighted by atomic mass is 10.2. The van der Waals surface area contributed by atoms with Gasteiger partial charge in [-0.1, -0.05) is 18.2 Å². The first-order valence-corrected chi connectivity index (χ1v) is 9.15. The predicted molar refractivity (Wildman–Crippen MR) is 95.6 cm³/mol. The molecule has 7 heteroatoms. The molecule has 0 bridgehead atoms. The smallest absolute Gasteiger partial charge is 0.244 e. The molecule has 0 saturated carbocycles. The van der Waals surface area contributed by atoms with Crippen LogP contribution >= 0.6 is 11.5 Å². The van der Waals surface area contributed by atoms with Gasteiger partial charge in [-0.05, 0) is 25.5 Å². The number of hydrogen-bond acceptors (Lipinski definition) is 6. The molecule has 0 spiro atoms. The molecule has 6 nitrogen and oxygen atoms in total. The number of para-hydroxylation sites is 1. The Balaban J connectivity index is 1.39. The standard InChI is InChI=1S/C17H21N5OS/c1-13-18-17(24-19-13)21-11-9-20(10-12-21)15-7-8-22(16(15)23)14-5-3-2-4-6-14/h2-6,15H,7-12H2,1H3. The fourth-order valence-corrected chi connectivity index (χ4v) is 4.23. The monoisotopic (exact) mass is 343 g/mol. The Bertz CT molecular complexity index is 711. The van der Waals surface area contributed by atoms with Crippen molar-refractivity contribution in [3.05, 3.63) is 36.2 Å². The Hall–Kier alpha value is -1.99. The summed E-state index contributed by atoms with van der Waals surface area (Å²) in [5, 5.41) is 0.996. The quantitative estimate of drug-likeness (QED) is 0.850. The minimum Gasteiger partial charge on any atom is -0.344 e. The summed E-state index contributed by atoms with van der Waals surface area (Å²) in [5.74, 6) is 1.07. The zero-order chi connectivity index (χ0) is 16.5. The second-order valence-electron chi connectivity index (χ2n) is 6.28. The third-order valence-electron chi connectivity index (χ3n) is 4.79. The molecule has 126 valence electrons. The number of hydrogen-bond donors (Lipinski definition) is 0. The second-order valence-corrected chi connectivity index (χ2v) is 7.01. The zero-order valence-electron chi connectivity index (χ0n) is 13.8. The number of anilines is 2. The van der Waals surface area contributed by atoms with Crippen molar-refractivity contribution in [1.29, 1.82) is 0 Å². The van der Waals surface area contributed by atoms with Crippen LogP contribution in [0.25, 0.3) is 0 Å². The summed E-state index contributed by atoms with van der Waals surface area (Å²) in [4.78, 5) is 23.8. The minimum atomic E-state index is 0.0171. The van der Waals surface area contributed by atoms with Crippen molar-refractivity contribution < 1.29 is 4.79 Å². The van der Waals surface area contributed by atoms with E-state index in [-0.39, 0.29) is 11.9 Å². The number of aromatic nitrogens is 2. The van der Waals surface area contributed by atoms with Crippen LogP contribution < -0.4 is 9.80 Å². The Morgan fingerprint density at radius 2 is 1.83 bits per heavy atom. The maximum Gasteiger partial charge on any atom is 0.244 e. The van der Waals surface area contributed by atoms with E-state index in [1.54, 1.807) is 0 Å². The molecule has 1 unspecified atom stereocenters. The zero-order valence-corrected chi connectivity index (χ0v) is 14.6. The van der Waals surface area contributed by atoms with Crippen molar-refractivity contribution >= 4 is 28.3 Å². The molecular weight excluding hydrogens is 322 g/mol. The number of aryl methyl sites for hydroxylation is 1. The van der Waals surface area contributed by atoms with Crippen LogP contribution in [0.5, 0.6) is 0 Å². The summed E-state index contributed by atoms with van der Waals surface area (Å²) >= 11 is 1.46. The van der Waals surface area contributed by atoms with Crippen molar-refractivity contribution in [2.45, 2.75) is 19.4 Å². The Kier molecular flexibility index (Phi) is 4.20. The highest BCUT2D eigenvalue weighted by Gasteiger charge is 2.37. The van der Waals surface area contributed by atoms with Gasteiger partial charge in [0.2, 0.25) is 11.0 Å². The van der Waals surface area contributed by atoms with E-state index in [1.807, 2.05) is 42.2 Å². The summed E-state index contributed by atoms with van der Waals surface area (Å²) in [6, 6.07) is 9.99. The van der Waals surface area contributed by atoms with Gasteiger partial charge in [-0.15, -0.1) is 0 Å². The molecule has 3 heterocycles. The molecule has 1 amide bonds. The molecular formula is C17H21N5OS. The topological polar surface area (TPSA) is 52.6 Å². The number of carbonyl (C=O) groups is 1. The molecule has 2 aliphatic heterocycles. The normalized spacial score (nSPS) is 22.4. The van der Waals surface area contributed by atoms with Crippen LogP contribution in [0.1, 0.15) is 12.2 Å². The average molecular weight is 343 g/mol. The highest BCUT2D eigenvalue weighted by molar-refractivity contribution is 7.09. The van der Waals surface area contributed by atoms with Gasteiger partial charge in [0.05, 0.1) is 6.04 Å². The first-order valence-electron chi connectivity index (χ1n) is 8.38. The van der Waals surface area contributed by atoms with Crippen LogP contribution in [0.2, 0.25) is 0 Å². The van der Waals surface area contributed by atoms with Crippen molar-refractivity contribution in [3.63, 3.8) is 0 Å². The molecule has 1 aromatic carbocycles. The Morgan fingerprint density at radius 3 is 2.50 bits per heavy atom. The fraction of sp³-hybridized carbons (Fsp3) is 0.471. The first kappa shape index (κ1) is 15.5. The number of carbonyl (C=O) groups excluding carboxylic acids is 1. The molecule has 1 aromatic heterocycles. The summed E-state index contributed by atoms with van der Waals surface area (Å²) < 4.78 is 4.26. The highest BCUT2D eigenvalue weighted by atomic mass is 32.1. The van der Waals surface area contributed by atoms with E-state index in [0.717, 1.165) is 55.8 Å². The van der Waals surface area contributed by atoms with Gasteiger partial charge >= 0.3 is 0 Å².